The van der Waals surface area contributed by atoms with E-state index < -0.39 is 5.79 Å². The molecule has 2 rings (SSSR count). The van der Waals surface area contributed by atoms with Gasteiger partial charge in [0.2, 0.25) is 0 Å². The fourth-order valence-electron chi connectivity index (χ4n) is 1.59. The van der Waals surface area contributed by atoms with Crippen LogP contribution < -0.4 is 5.32 Å². The van der Waals surface area contributed by atoms with E-state index in [9.17, 15) is 4.39 Å². The van der Waals surface area contributed by atoms with Gasteiger partial charge in [-0.05, 0) is 32.0 Å². The number of benzene rings is 1. The molecule has 0 bridgehead atoms. The van der Waals surface area contributed by atoms with Gasteiger partial charge in [0.25, 0.3) is 0 Å². The summed E-state index contributed by atoms with van der Waals surface area (Å²) >= 11 is 0. The third kappa shape index (κ3) is 2.93. The lowest BCUT2D eigenvalue weighted by atomic mass is 10.2. The van der Waals surface area contributed by atoms with Crippen LogP contribution in [0, 0.1) is 5.82 Å². The molecule has 1 aliphatic rings. The van der Waals surface area contributed by atoms with Crippen LogP contribution >= 0.6 is 0 Å². The van der Waals surface area contributed by atoms with Crippen molar-refractivity contribution in [3.8, 4) is 0 Å². The minimum Gasteiger partial charge on any atom is -0.378 e. The van der Waals surface area contributed by atoms with Crippen molar-refractivity contribution in [3.63, 3.8) is 0 Å². The van der Waals surface area contributed by atoms with Gasteiger partial charge < -0.3 is 14.8 Å². The maximum atomic E-state index is 12.9. The molecule has 1 saturated heterocycles. The number of hydrogen-bond donors (Lipinski definition) is 1. The van der Waals surface area contributed by atoms with E-state index in [-0.39, 0.29) is 11.9 Å². The summed E-state index contributed by atoms with van der Waals surface area (Å²) in [4.78, 5) is 0. The van der Waals surface area contributed by atoms with Crippen LogP contribution in [0.25, 0.3) is 0 Å². The molecule has 1 heterocycles. The van der Waals surface area contributed by atoms with Crippen LogP contribution in [0.4, 0.5) is 10.1 Å². The molecule has 88 valence electrons. The summed E-state index contributed by atoms with van der Waals surface area (Å²) in [5.74, 6) is -0.761. The zero-order chi connectivity index (χ0) is 11.6. The van der Waals surface area contributed by atoms with E-state index in [1.807, 2.05) is 19.9 Å². The van der Waals surface area contributed by atoms with E-state index in [2.05, 4.69) is 5.32 Å². The van der Waals surface area contributed by atoms with E-state index in [0.717, 1.165) is 5.69 Å². The van der Waals surface area contributed by atoms with Crippen LogP contribution in [0.2, 0.25) is 0 Å². The molecule has 0 amide bonds. The Labute approximate surface area is 94.6 Å². The van der Waals surface area contributed by atoms with Gasteiger partial charge in [-0.15, -0.1) is 0 Å². The largest absolute Gasteiger partial charge is 0.378 e. The Hall–Kier alpha value is -1.13. The Morgan fingerprint density at radius 2 is 2.00 bits per heavy atom. The van der Waals surface area contributed by atoms with Gasteiger partial charge in [0.15, 0.2) is 5.79 Å². The van der Waals surface area contributed by atoms with Crippen molar-refractivity contribution in [1.82, 2.24) is 0 Å². The minimum absolute atomic E-state index is 0.0647. The molecule has 1 N–H and O–H groups in total. The predicted molar refractivity (Wildman–Crippen MR) is 59.8 cm³/mol. The van der Waals surface area contributed by atoms with Crippen LogP contribution in [0.15, 0.2) is 24.3 Å². The first-order valence-corrected chi connectivity index (χ1v) is 5.35. The minimum atomic E-state index is -0.514. The molecule has 0 saturated carbocycles. The zero-order valence-corrected chi connectivity index (χ0v) is 9.50. The monoisotopic (exact) mass is 225 g/mol. The maximum Gasteiger partial charge on any atom is 0.162 e. The van der Waals surface area contributed by atoms with Crippen LogP contribution in [0.5, 0.6) is 0 Å². The first-order chi connectivity index (χ1) is 7.55. The quantitative estimate of drug-likeness (QED) is 0.838. The molecule has 0 spiro atoms. The molecule has 1 aromatic rings. The number of hydrogen-bond acceptors (Lipinski definition) is 3. The van der Waals surface area contributed by atoms with Crippen molar-refractivity contribution in [2.45, 2.75) is 25.7 Å². The van der Waals surface area contributed by atoms with Crippen LogP contribution in [0.3, 0.4) is 0 Å². The van der Waals surface area contributed by atoms with Crippen molar-refractivity contribution in [2.75, 3.05) is 18.5 Å². The highest BCUT2D eigenvalue weighted by molar-refractivity contribution is 5.44. The number of nitrogens with one attached hydrogen (secondary N) is 1. The van der Waals surface area contributed by atoms with Crippen molar-refractivity contribution in [1.29, 1.82) is 0 Å². The number of ether oxygens (including phenoxy) is 2. The average molecular weight is 225 g/mol. The normalized spacial score (nSPS) is 20.7. The zero-order valence-electron chi connectivity index (χ0n) is 9.50. The molecule has 1 aromatic carbocycles. The van der Waals surface area contributed by atoms with Crippen molar-refractivity contribution < 1.29 is 13.9 Å². The van der Waals surface area contributed by atoms with Gasteiger partial charge >= 0.3 is 0 Å². The molecule has 0 radical (unpaired) electrons. The first kappa shape index (κ1) is 11.4. The predicted octanol–water partition coefficient (Wildman–Crippen LogP) is 2.39. The molecule has 3 nitrogen and oxygen atoms in total. The summed E-state index contributed by atoms with van der Waals surface area (Å²) in [6.07, 6.45) is 0. The molecule has 0 aromatic heterocycles. The summed E-state index contributed by atoms with van der Waals surface area (Å²) in [6, 6.07) is 6.44. The van der Waals surface area contributed by atoms with E-state index in [0.29, 0.717) is 13.2 Å². The Kier molecular flexibility index (Phi) is 3.12. The van der Waals surface area contributed by atoms with Crippen LogP contribution in [-0.2, 0) is 9.47 Å². The lowest BCUT2D eigenvalue weighted by Crippen LogP contribution is -2.45. The van der Waals surface area contributed by atoms with Gasteiger partial charge in [0.1, 0.15) is 5.82 Å². The molecular formula is C12H16FNO2. The van der Waals surface area contributed by atoms with Crippen LogP contribution in [0.1, 0.15) is 13.8 Å². The second-order valence-electron chi connectivity index (χ2n) is 4.37. The SMILES string of the molecule is CC1(C)OCC(Nc2cccc(F)c2)CO1. The van der Waals surface area contributed by atoms with Gasteiger partial charge in [-0.25, -0.2) is 4.39 Å². The summed E-state index contributed by atoms with van der Waals surface area (Å²) in [5, 5.41) is 3.17. The van der Waals surface area contributed by atoms with Gasteiger partial charge in [-0.2, -0.15) is 0 Å². The van der Waals surface area contributed by atoms with E-state index in [4.69, 9.17) is 9.47 Å². The Bertz CT molecular complexity index is 358. The first-order valence-electron chi connectivity index (χ1n) is 5.35. The fourth-order valence-corrected chi connectivity index (χ4v) is 1.59. The molecule has 0 atom stereocenters. The van der Waals surface area contributed by atoms with Gasteiger partial charge in [0.05, 0.1) is 19.3 Å². The van der Waals surface area contributed by atoms with E-state index in [1.165, 1.54) is 12.1 Å². The Balaban J connectivity index is 1.92. The molecule has 0 unspecified atom stereocenters. The third-order valence-electron chi connectivity index (χ3n) is 2.46. The van der Waals surface area contributed by atoms with Crippen molar-refractivity contribution in [2.24, 2.45) is 0 Å². The molecule has 16 heavy (non-hydrogen) atoms. The highest BCUT2D eigenvalue weighted by Gasteiger charge is 2.28. The van der Waals surface area contributed by atoms with Gasteiger partial charge in [-0.1, -0.05) is 6.07 Å². The molecule has 1 fully saturated rings. The number of anilines is 1. The summed E-state index contributed by atoms with van der Waals surface area (Å²) in [7, 11) is 0. The van der Waals surface area contributed by atoms with Crippen molar-refractivity contribution in [3.05, 3.63) is 30.1 Å². The standard InChI is InChI=1S/C12H16FNO2/c1-12(2)15-7-11(8-16-12)14-10-5-3-4-9(13)6-10/h3-6,11,14H,7-8H2,1-2H3. The highest BCUT2D eigenvalue weighted by atomic mass is 19.1. The lowest BCUT2D eigenvalue weighted by Gasteiger charge is -2.35. The summed E-state index contributed by atoms with van der Waals surface area (Å²) in [6.45, 7) is 4.88. The maximum absolute atomic E-state index is 12.9. The Morgan fingerprint density at radius 1 is 1.31 bits per heavy atom. The summed E-state index contributed by atoms with van der Waals surface area (Å²) in [5.41, 5.74) is 0.747. The van der Waals surface area contributed by atoms with Crippen LogP contribution in [-0.4, -0.2) is 25.0 Å². The smallest absolute Gasteiger partial charge is 0.162 e. The van der Waals surface area contributed by atoms with Crippen molar-refractivity contribution >= 4 is 5.69 Å². The lowest BCUT2D eigenvalue weighted by molar-refractivity contribution is -0.247. The van der Waals surface area contributed by atoms with Gasteiger partial charge in [0, 0.05) is 5.69 Å². The number of halogens is 1. The Morgan fingerprint density at radius 3 is 2.62 bits per heavy atom. The summed E-state index contributed by atoms with van der Waals surface area (Å²) < 4.78 is 23.9. The molecule has 0 aliphatic carbocycles. The average Bonchev–Trinajstić information content (AvgIpc) is 2.21. The topological polar surface area (TPSA) is 30.5 Å². The third-order valence-corrected chi connectivity index (χ3v) is 2.46. The van der Waals surface area contributed by atoms with E-state index >= 15 is 0 Å². The second-order valence-corrected chi connectivity index (χ2v) is 4.37. The number of rotatable bonds is 2. The highest BCUT2D eigenvalue weighted by Crippen LogP contribution is 2.19. The van der Waals surface area contributed by atoms with E-state index in [1.54, 1.807) is 6.07 Å². The fraction of sp³-hybridized carbons (Fsp3) is 0.500. The molecular weight excluding hydrogens is 209 g/mol. The molecule has 1 aliphatic heterocycles. The molecule has 4 heteroatoms. The second kappa shape index (κ2) is 4.39. The van der Waals surface area contributed by atoms with Gasteiger partial charge in [-0.3, -0.25) is 0 Å².